The van der Waals surface area contributed by atoms with Gasteiger partial charge in [-0.1, -0.05) is 0 Å². The summed E-state index contributed by atoms with van der Waals surface area (Å²) in [6.07, 6.45) is 0.0464. The fraction of sp³-hybridized carbons (Fsp3) is 0.400. The third kappa shape index (κ3) is 3.25. The highest BCUT2D eigenvalue weighted by molar-refractivity contribution is 14.1. The Kier molecular flexibility index (Phi) is 4.97. The normalized spacial score (nSPS) is 21.5. The first kappa shape index (κ1) is 15.9. The largest absolute Gasteiger partial charge is 0.464 e. The van der Waals surface area contributed by atoms with Crippen LogP contribution in [0.15, 0.2) is 24.3 Å². The lowest BCUT2D eigenvalue weighted by Crippen LogP contribution is -2.44. The van der Waals surface area contributed by atoms with Crippen molar-refractivity contribution in [3.8, 4) is 0 Å². The monoisotopic (exact) mass is 401 g/mol. The van der Waals surface area contributed by atoms with Gasteiger partial charge in [-0.25, -0.2) is 4.79 Å². The topological polar surface area (TPSA) is 63.7 Å². The zero-order valence-corrected chi connectivity index (χ0v) is 14.0. The number of esters is 1. The van der Waals surface area contributed by atoms with Crippen molar-refractivity contribution in [3.05, 3.63) is 27.8 Å². The van der Waals surface area contributed by atoms with Gasteiger partial charge >= 0.3 is 5.97 Å². The standard InChI is InChI=1S/C15H16INO4/c1-3-21-15(20)14-12(9(2)18)8-13(19)17(14)11-6-4-10(16)5-7-11/h4-7,12,14H,3,8H2,1-2H3/t12-,14-/m1/s1. The van der Waals surface area contributed by atoms with Crippen LogP contribution in [0.3, 0.4) is 0 Å². The molecule has 2 rings (SSSR count). The third-order valence-corrected chi connectivity index (χ3v) is 4.20. The molecule has 1 amide bonds. The van der Waals surface area contributed by atoms with Gasteiger partial charge < -0.3 is 4.74 Å². The number of anilines is 1. The molecule has 1 aromatic carbocycles. The van der Waals surface area contributed by atoms with Crippen LogP contribution in [-0.4, -0.2) is 30.3 Å². The molecule has 0 N–H and O–H groups in total. The van der Waals surface area contributed by atoms with Crippen molar-refractivity contribution in [2.45, 2.75) is 26.3 Å². The molecule has 0 radical (unpaired) electrons. The summed E-state index contributed by atoms with van der Waals surface area (Å²) in [4.78, 5) is 37.6. The van der Waals surface area contributed by atoms with E-state index < -0.39 is 17.9 Å². The second kappa shape index (κ2) is 6.55. The number of carbonyl (C=O) groups is 3. The lowest BCUT2D eigenvalue weighted by molar-refractivity contribution is -0.147. The molecule has 5 nitrogen and oxygen atoms in total. The molecule has 2 atom stereocenters. The molecule has 0 saturated carbocycles. The van der Waals surface area contributed by atoms with E-state index in [0.29, 0.717) is 5.69 Å². The number of carbonyl (C=O) groups excluding carboxylic acids is 3. The Morgan fingerprint density at radius 3 is 2.48 bits per heavy atom. The molecule has 1 saturated heterocycles. The molecule has 112 valence electrons. The van der Waals surface area contributed by atoms with Gasteiger partial charge in [0.1, 0.15) is 11.8 Å². The molecule has 6 heteroatoms. The van der Waals surface area contributed by atoms with Gasteiger partial charge in [0.25, 0.3) is 0 Å². The molecule has 0 bridgehead atoms. The van der Waals surface area contributed by atoms with Gasteiger partial charge in [-0.3, -0.25) is 14.5 Å². The SMILES string of the molecule is CCOC(=O)[C@H]1[C@@H](C(C)=O)CC(=O)N1c1ccc(I)cc1. The maximum atomic E-state index is 12.3. The van der Waals surface area contributed by atoms with Crippen LogP contribution in [0.25, 0.3) is 0 Å². The number of hydrogen-bond acceptors (Lipinski definition) is 4. The minimum absolute atomic E-state index is 0.0464. The minimum atomic E-state index is -0.866. The number of ether oxygens (including phenoxy) is 1. The smallest absolute Gasteiger partial charge is 0.330 e. The maximum Gasteiger partial charge on any atom is 0.330 e. The summed E-state index contributed by atoms with van der Waals surface area (Å²) >= 11 is 2.16. The number of amides is 1. The van der Waals surface area contributed by atoms with Gasteiger partial charge in [0, 0.05) is 15.7 Å². The molecule has 21 heavy (non-hydrogen) atoms. The van der Waals surface area contributed by atoms with Crippen LogP contribution in [0, 0.1) is 9.49 Å². The quantitative estimate of drug-likeness (QED) is 0.573. The Hall–Kier alpha value is -1.44. The number of rotatable bonds is 4. The molecule has 1 aliphatic heterocycles. The lowest BCUT2D eigenvalue weighted by Gasteiger charge is -2.25. The van der Waals surface area contributed by atoms with E-state index >= 15 is 0 Å². The Morgan fingerprint density at radius 2 is 1.95 bits per heavy atom. The number of Topliss-reactive ketones (excluding diaryl/α,β-unsaturated/α-hetero) is 1. The predicted octanol–water partition coefficient (Wildman–Crippen LogP) is 2.16. The van der Waals surface area contributed by atoms with Crippen molar-refractivity contribution in [1.82, 2.24) is 0 Å². The minimum Gasteiger partial charge on any atom is -0.464 e. The van der Waals surface area contributed by atoms with Gasteiger partial charge in [-0.15, -0.1) is 0 Å². The average Bonchev–Trinajstić information content (AvgIpc) is 2.78. The second-order valence-corrected chi connectivity index (χ2v) is 6.10. The molecule has 0 aromatic heterocycles. The van der Waals surface area contributed by atoms with E-state index in [2.05, 4.69) is 22.6 Å². The number of halogens is 1. The van der Waals surface area contributed by atoms with Gasteiger partial charge in [-0.2, -0.15) is 0 Å². The van der Waals surface area contributed by atoms with Crippen molar-refractivity contribution in [2.24, 2.45) is 5.92 Å². The molecule has 1 aliphatic rings. The van der Waals surface area contributed by atoms with E-state index in [1.165, 1.54) is 11.8 Å². The number of hydrogen-bond donors (Lipinski definition) is 0. The van der Waals surface area contributed by atoms with Crippen LogP contribution in [0.2, 0.25) is 0 Å². The Balaban J connectivity index is 2.40. The highest BCUT2D eigenvalue weighted by Gasteiger charge is 2.47. The zero-order valence-electron chi connectivity index (χ0n) is 11.8. The highest BCUT2D eigenvalue weighted by Crippen LogP contribution is 2.32. The molecular weight excluding hydrogens is 385 g/mol. The highest BCUT2D eigenvalue weighted by atomic mass is 127. The van der Waals surface area contributed by atoms with Crippen molar-refractivity contribution in [2.75, 3.05) is 11.5 Å². The van der Waals surface area contributed by atoms with Gasteiger partial charge in [0.05, 0.1) is 12.5 Å². The van der Waals surface area contributed by atoms with E-state index in [1.807, 2.05) is 12.1 Å². The van der Waals surface area contributed by atoms with Crippen molar-refractivity contribution >= 4 is 45.9 Å². The van der Waals surface area contributed by atoms with Gasteiger partial charge in [0.15, 0.2) is 0 Å². The Morgan fingerprint density at radius 1 is 1.33 bits per heavy atom. The van der Waals surface area contributed by atoms with E-state index in [1.54, 1.807) is 19.1 Å². The van der Waals surface area contributed by atoms with E-state index in [0.717, 1.165) is 3.57 Å². The Bertz CT molecular complexity index is 570. The number of ketones is 1. The van der Waals surface area contributed by atoms with Crippen molar-refractivity contribution < 1.29 is 19.1 Å². The van der Waals surface area contributed by atoms with Crippen LogP contribution >= 0.6 is 22.6 Å². The molecule has 1 fully saturated rings. The van der Waals surface area contributed by atoms with Crippen LogP contribution in [0.5, 0.6) is 0 Å². The second-order valence-electron chi connectivity index (χ2n) is 4.86. The molecule has 0 aliphatic carbocycles. The summed E-state index contributed by atoms with van der Waals surface area (Å²) in [5.74, 6) is -1.57. The summed E-state index contributed by atoms with van der Waals surface area (Å²) in [7, 11) is 0. The van der Waals surface area contributed by atoms with Crippen molar-refractivity contribution in [3.63, 3.8) is 0 Å². The van der Waals surface area contributed by atoms with Gasteiger partial charge in [0.2, 0.25) is 5.91 Å². The van der Waals surface area contributed by atoms with Crippen LogP contribution in [0.1, 0.15) is 20.3 Å². The molecule has 0 spiro atoms. The summed E-state index contributed by atoms with van der Waals surface area (Å²) in [6.45, 7) is 3.32. The van der Waals surface area contributed by atoms with Crippen LogP contribution in [0.4, 0.5) is 5.69 Å². The predicted molar refractivity (Wildman–Crippen MR) is 85.9 cm³/mol. The maximum absolute atomic E-state index is 12.3. The third-order valence-electron chi connectivity index (χ3n) is 3.48. The lowest BCUT2D eigenvalue weighted by atomic mass is 9.96. The molecular formula is C15H16INO4. The summed E-state index contributed by atoms with van der Waals surface area (Å²) in [6, 6.07) is 6.39. The van der Waals surface area contributed by atoms with E-state index in [9.17, 15) is 14.4 Å². The first-order valence-electron chi connectivity index (χ1n) is 6.70. The van der Waals surface area contributed by atoms with Gasteiger partial charge in [-0.05, 0) is 60.7 Å². The summed E-state index contributed by atoms with van der Waals surface area (Å²) < 4.78 is 6.07. The van der Waals surface area contributed by atoms with E-state index in [-0.39, 0.29) is 24.7 Å². The molecule has 1 aromatic rings. The first-order chi connectivity index (χ1) is 9.95. The molecule has 1 heterocycles. The average molecular weight is 401 g/mol. The van der Waals surface area contributed by atoms with E-state index in [4.69, 9.17) is 4.74 Å². The summed E-state index contributed by atoms with van der Waals surface area (Å²) in [5, 5.41) is 0. The Labute approximate surface area is 136 Å². The van der Waals surface area contributed by atoms with Crippen LogP contribution in [-0.2, 0) is 19.1 Å². The number of benzene rings is 1. The molecule has 0 unspecified atom stereocenters. The van der Waals surface area contributed by atoms with Crippen molar-refractivity contribution in [1.29, 1.82) is 0 Å². The zero-order chi connectivity index (χ0) is 15.6. The fourth-order valence-corrected chi connectivity index (χ4v) is 2.86. The first-order valence-corrected chi connectivity index (χ1v) is 7.78. The van der Waals surface area contributed by atoms with Crippen LogP contribution < -0.4 is 4.90 Å². The fourth-order valence-electron chi connectivity index (χ4n) is 2.50. The summed E-state index contributed by atoms with van der Waals surface area (Å²) in [5.41, 5.74) is 0.613. The number of nitrogens with zero attached hydrogens (tertiary/aromatic N) is 1.